The van der Waals surface area contributed by atoms with Crippen LogP contribution in [-0.4, -0.2) is 16.3 Å². The zero-order chi connectivity index (χ0) is 8.85. The molecule has 1 unspecified atom stereocenters. The fraction of sp³-hybridized carbons (Fsp3) is 0.556. The Morgan fingerprint density at radius 2 is 2.18 bits per heavy atom. The second kappa shape index (κ2) is 4.97. The molecule has 0 heterocycles. The van der Waals surface area contributed by atoms with Crippen molar-refractivity contribution < 1.29 is 10.2 Å². The molecule has 0 radical (unpaired) electrons. The number of aliphatic hydroxyl groups excluding tert-OH is 2. The molecule has 0 aliphatic rings. The Morgan fingerprint density at radius 1 is 1.64 bits per heavy atom. The van der Waals surface area contributed by atoms with Crippen LogP contribution in [-0.2, 0) is 0 Å². The summed E-state index contributed by atoms with van der Waals surface area (Å²) < 4.78 is 0. The van der Waals surface area contributed by atoms with Gasteiger partial charge in [-0.05, 0) is 13.3 Å². The van der Waals surface area contributed by atoms with Gasteiger partial charge in [-0.15, -0.1) is 0 Å². The summed E-state index contributed by atoms with van der Waals surface area (Å²) in [5.74, 6) is 0.154. The Kier molecular flexibility index (Phi) is 4.62. The molecule has 0 aromatic carbocycles. The van der Waals surface area contributed by atoms with Crippen LogP contribution < -0.4 is 0 Å². The van der Waals surface area contributed by atoms with Crippen molar-refractivity contribution in [1.29, 1.82) is 0 Å². The molecule has 2 N–H and O–H groups in total. The predicted molar refractivity (Wildman–Crippen MR) is 46.4 cm³/mol. The molecule has 0 fully saturated rings. The number of hydrogen-bond acceptors (Lipinski definition) is 2. The first kappa shape index (κ1) is 10.2. The Labute approximate surface area is 67.9 Å². The van der Waals surface area contributed by atoms with Crippen LogP contribution >= 0.6 is 0 Å². The summed E-state index contributed by atoms with van der Waals surface area (Å²) in [4.78, 5) is 0. The quantitative estimate of drug-likeness (QED) is 0.483. The van der Waals surface area contributed by atoms with E-state index < -0.39 is 6.10 Å². The zero-order valence-electron chi connectivity index (χ0n) is 7.17. The van der Waals surface area contributed by atoms with Crippen LogP contribution in [0.4, 0.5) is 0 Å². The average molecular weight is 156 g/mol. The van der Waals surface area contributed by atoms with Gasteiger partial charge in [-0.1, -0.05) is 26.0 Å². The highest BCUT2D eigenvalue weighted by molar-refractivity contribution is 5.22. The van der Waals surface area contributed by atoms with Crippen LogP contribution in [0.5, 0.6) is 0 Å². The van der Waals surface area contributed by atoms with Crippen molar-refractivity contribution in [2.75, 3.05) is 0 Å². The van der Waals surface area contributed by atoms with Crippen LogP contribution in [0.2, 0.25) is 0 Å². The predicted octanol–water partition coefficient (Wildman–Crippen LogP) is 2.17. The van der Waals surface area contributed by atoms with E-state index in [-0.39, 0.29) is 5.76 Å². The molecule has 0 aromatic heterocycles. The molecule has 64 valence electrons. The van der Waals surface area contributed by atoms with Crippen molar-refractivity contribution in [3.8, 4) is 0 Å². The minimum Gasteiger partial charge on any atom is -0.512 e. The molecule has 2 nitrogen and oxygen atoms in total. The van der Waals surface area contributed by atoms with Gasteiger partial charge >= 0.3 is 0 Å². The Bertz CT molecular complexity index is 155. The summed E-state index contributed by atoms with van der Waals surface area (Å²) in [5.41, 5.74) is 0.534. The third kappa shape index (κ3) is 3.23. The van der Waals surface area contributed by atoms with E-state index in [1.165, 1.54) is 6.08 Å². The van der Waals surface area contributed by atoms with Crippen LogP contribution in [0.25, 0.3) is 0 Å². The van der Waals surface area contributed by atoms with Crippen molar-refractivity contribution in [1.82, 2.24) is 0 Å². The van der Waals surface area contributed by atoms with Crippen LogP contribution in [0.3, 0.4) is 0 Å². The number of allylic oxidation sites excluding steroid dienone is 1. The van der Waals surface area contributed by atoms with Crippen molar-refractivity contribution >= 4 is 0 Å². The Balaban J connectivity index is 4.27. The zero-order valence-corrected chi connectivity index (χ0v) is 7.17. The highest BCUT2D eigenvalue weighted by Gasteiger charge is 2.08. The number of rotatable bonds is 4. The lowest BCUT2D eigenvalue weighted by atomic mass is 10.0. The van der Waals surface area contributed by atoms with Crippen molar-refractivity contribution in [2.45, 2.75) is 32.8 Å². The Hall–Kier alpha value is -0.760. The maximum Gasteiger partial charge on any atom is 0.0949 e. The second-order valence-electron chi connectivity index (χ2n) is 2.55. The van der Waals surface area contributed by atoms with Crippen LogP contribution in [0.1, 0.15) is 26.7 Å². The van der Waals surface area contributed by atoms with E-state index in [2.05, 4.69) is 6.58 Å². The summed E-state index contributed by atoms with van der Waals surface area (Å²) in [6.45, 7) is 7.04. The van der Waals surface area contributed by atoms with Crippen LogP contribution in [0, 0.1) is 0 Å². The van der Waals surface area contributed by atoms with Gasteiger partial charge < -0.3 is 10.2 Å². The summed E-state index contributed by atoms with van der Waals surface area (Å²) >= 11 is 0. The van der Waals surface area contributed by atoms with E-state index >= 15 is 0 Å². The second-order valence-corrected chi connectivity index (χ2v) is 2.55. The summed E-state index contributed by atoms with van der Waals surface area (Å²) in [5, 5.41) is 18.4. The van der Waals surface area contributed by atoms with Crippen molar-refractivity contribution in [2.24, 2.45) is 0 Å². The van der Waals surface area contributed by atoms with Gasteiger partial charge in [0, 0.05) is 5.57 Å². The molecule has 0 rings (SSSR count). The lowest BCUT2D eigenvalue weighted by Crippen LogP contribution is -2.09. The minimum absolute atomic E-state index is 0.154. The third-order valence-corrected chi connectivity index (χ3v) is 1.56. The van der Waals surface area contributed by atoms with Crippen molar-refractivity contribution in [3.63, 3.8) is 0 Å². The highest BCUT2D eigenvalue weighted by atomic mass is 16.3. The molecule has 0 spiro atoms. The lowest BCUT2D eigenvalue weighted by molar-refractivity contribution is 0.196. The minimum atomic E-state index is -0.567. The molecule has 0 amide bonds. The van der Waals surface area contributed by atoms with Gasteiger partial charge in [-0.2, -0.15) is 0 Å². The van der Waals surface area contributed by atoms with E-state index in [1.807, 2.05) is 6.92 Å². The molecule has 0 bridgehead atoms. The maximum absolute atomic E-state index is 9.39. The van der Waals surface area contributed by atoms with Gasteiger partial charge in [0.05, 0.1) is 11.9 Å². The van der Waals surface area contributed by atoms with E-state index in [0.29, 0.717) is 12.0 Å². The third-order valence-electron chi connectivity index (χ3n) is 1.56. The first-order valence-corrected chi connectivity index (χ1v) is 3.83. The molecule has 0 aromatic rings. The largest absolute Gasteiger partial charge is 0.512 e. The van der Waals surface area contributed by atoms with Crippen LogP contribution in [0.15, 0.2) is 24.0 Å². The molecular weight excluding hydrogens is 140 g/mol. The maximum atomic E-state index is 9.39. The fourth-order valence-electron chi connectivity index (χ4n) is 0.954. The Morgan fingerprint density at radius 3 is 2.45 bits per heavy atom. The van der Waals surface area contributed by atoms with E-state index in [0.717, 1.165) is 6.42 Å². The lowest BCUT2D eigenvalue weighted by Gasteiger charge is -2.10. The average Bonchev–Trinajstić information content (AvgIpc) is 1.88. The topological polar surface area (TPSA) is 40.5 Å². The monoisotopic (exact) mass is 156 g/mol. The number of hydrogen-bond donors (Lipinski definition) is 2. The normalized spacial score (nSPS) is 15.5. The van der Waals surface area contributed by atoms with Gasteiger partial charge in [0.25, 0.3) is 0 Å². The summed E-state index contributed by atoms with van der Waals surface area (Å²) in [6, 6.07) is 0. The van der Waals surface area contributed by atoms with Crippen molar-refractivity contribution in [3.05, 3.63) is 24.0 Å². The van der Waals surface area contributed by atoms with Gasteiger partial charge in [-0.3, -0.25) is 0 Å². The molecule has 2 heteroatoms. The van der Waals surface area contributed by atoms with E-state index in [1.54, 1.807) is 6.92 Å². The van der Waals surface area contributed by atoms with Gasteiger partial charge in [0.2, 0.25) is 0 Å². The molecule has 1 atom stereocenters. The molecule has 0 aliphatic heterocycles. The van der Waals surface area contributed by atoms with E-state index in [4.69, 9.17) is 5.11 Å². The SMILES string of the molecule is C=C/C(=C(/C)O)C(O)CCC. The van der Waals surface area contributed by atoms with Gasteiger partial charge in [-0.25, -0.2) is 0 Å². The molecule has 0 aliphatic carbocycles. The molecule has 11 heavy (non-hydrogen) atoms. The number of aliphatic hydroxyl groups is 2. The molecule has 0 saturated heterocycles. The smallest absolute Gasteiger partial charge is 0.0949 e. The standard InChI is InChI=1S/C9H16O2/c1-4-6-9(11)8(5-2)7(3)10/h5,9-11H,2,4,6H2,1,3H3/b8-7+. The summed E-state index contributed by atoms with van der Waals surface area (Å²) in [6.07, 6.45) is 2.49. The van der Waals surface area contributed by atoms with Gasteiger partial charge in [0.1, 0.15) is 0 Å². The fourth-order valence-corrected chi connectivity index (χ4v) is 0.954. The molecule has 0 saturated carbocycles. The summed E-state index contributed by atoms with van der Waals surface area (Å²) in [7, 11) is 0. The van der Waals surface area contributed by atoms with E-state index in [9.17, 15) is 5.11 Å². The first-order valence-electron chi connectivity index (χ1n) is 3.83. The van der Waals surface area contributed by atoms with Gasteiger partial charge in [0.15, 0.2) is 0 Å². The molecular formula is C9H16O2. The highest BCUT2D eigenvalue weighted by Crippen LogP contribution is 2.12. The first-order chi connectivity index (χ1) is 5.13.